The van der Waals surface area contributed by atoms with Gasteiger partial charge in [0, 0.05) is 31.0 Å². The van der Waals surface area contributed by atoms with Crippen LogP contribution in [-0.2, 0) is 0 Å². The van der Waals surface area contributed by atoms with Crippen LogP contribution in [0.15, 0.2) is 10.8 Å². The van der Waals surface area contributed by atoms with Gasteiger partial charge in [-0.25, -0.2) is 4.98 Å². The first kappa shape index (κ1) is 18.7. The number of likely N-dealkylation sites (tertiary alicyclic amines) is 2. The molecule has 1 amide bonds. The molecule has 2 saturated carbocycles. The monoisotopic (exact) mass is 385 g/mol. The maximum Gasteiger partial charge on any atom is 0.276 e. The molecule has 1 atom stereocenters. The van der Waals surface area contributed by atoms with Crippen molar-refractivity contribution >= 4 is 5.91 Å². The highest BCUT2D eigenvalue weighted by atomic mass is 16.3. The fourth-order valence-electron chi connectivity index (χ4n) is 5.98. The Morgan fingerprint density at radius 2 is 1.93 bits per heavy atom. The Kier molecular flexibility index (Phi) is 5.20. The molecule has 1 spiro atoms. The summed E-state index contributed by atoms with van der Waals surface area (Å²) in [5.74, 6) is 2.33. The molecule has 0 bridgehead atoms. The first-order valence-electron chi connectivity index (χ1n) is 11.7. The number of oxazole rings is 1. The summed E-state index contributed by atoms with van der Waals surface area (Å²) in [5.41, 5.74) is 0.897. The summed E-state index contributed by atoms with van der Waals surface area (Å²) in [6.45, 7) is 5.47. The van der Waals surface area contributed by atoms with Crippen LogP contribution in [0.2, 0.25) is 0 Å². The van der Waals surface area contributed by atoms with E-state index < -0.39 is 0 Å². The maximum absolute atomic E-state index is 13.1. The summed E-state index contributed by atoms with van der Waals surface area (Å²) in [4.78, 5) is 22.1. The highest BCUT2D eigenvalue weighted by Gasteiger charge is 2.44. The van der Waals surface area contributed by atoms with Gasteiger partial charge in [0.05, 0.1) is 0 Å². The average molecular weight is 386 g/mol. The van der Waals surface area contributed by atoms with Crippen LogP contribution in [0.3, 0.4) is 0 Å². The van der Waals surface area contributed by atoms with Crippen LogP contribution in [0.1, 0.15) is 92.8 Å². The Labute approximate surface area is 168 Å². The van der Waals surface area contributed by atoms with Crippen molar-refractivity contribution in [1.82, 2.24) is 14.8 Å². The van der Waals surface area contributed by atoms with Gasteiger partial charge in [0.25, 0.3) is 5.91 Å². The van der Waals surface area contributed by atoms with Crippen LogP contribution in [0.4, 0.5) is 0 Å². The highest BCUT2D eigenvalue weighted by molar-refractivity contribution is 5.93. The van der Waals surface area contributed by atoms with Crippen molar-refractivity contribution < 1.29 is 9.21 Å². The molecule has 2 aliphatic carbocycles. The smallest absolute Gasteiger partial charge is 0.276 e. The molecule has 28 heavy (non-hydrogen) atoms. The summed E-state index contributed by atoms with van der Waals surface area (Å²) in [5, 5.41) is 0. The largest absolute Gasteiger partial charge is 0.447 e. The van der Waals surface area contributed by atoms with Crippen molar-refractivity contribution in [1.29, 1.82) is 0 Å². The van der Waals surface area contributed by atoms with Gasteiger partial charge in [0.1, 0.15) is 5.76 Å². The molecule has 5 nitrogen and oxygen atoms in total. The zero-order chi connectivity index (χ0) is 19.0. The zero-order valence-electron chi connectivity index (χ0n) is 17.2. The number of hydrogen-bond donors (Lipinski definition) is 0. The van der Waals surface area contributed by atoms with Gasteiger partial charge in [-0.05, 0) is 57.5 Å². The molecule has 4 aliphatic rings. The summed E-state index contributed by atoms with van der Waals surface area (Å²) in [7, 11) is 0. The number of carbonyl (C=O) groups excluding carboxylic acids is 1. The van der Waals surface area contributed by atoms with E-state index in [1.165, 1.54) is 77.4 Å². The molecule has 4 fully saturated rings. The first-order valence-corrected chi connectivity index (χ1v) is 11.7. The number of piperidine rings is 1. The lowest BCUT2D eigenvalue weighted by molar-refractivity contribution is 0.0668. The van der Waals surface area contributed by atoms with E-state index in [9.17, 15) is 4.79 Å². The second-order valence-corrected chi connectivity index (χ2v) is 9.99. The molecule has 1 aromatic heterocycles. The van der Waals surface area contributed by atoms with Gasteiger partial charge in [-0.1, -0.05) is 32.1 Å². The molecule has 0 N–H and O–H groups in total. The number of carbonyl (C=O) groups is 1. The maximum atomic E-state index is 13.1. The Balaban J connectivity index is 1.18. The SMILES string of the molecule is O=C(c1ncoc1C1CC1)N1CC[C@]2(CCCN(CCC3CCCCC3)C2)C1. The van der Waals surface area contributed by atoms with Gasteiger partial charge in [-0.15, -0.1) is 0 Å². The predicted octanol–water partition coefficient (Wildman–Crippen LogP) is 4.45. The standard InChI is InChI=1S/C23H35N3O2/c27-22(20-21(19-7-8-19)28-17-24-20)26-14-11-23(16-26)10-4-12-25(15-23)13-9-18-5-2-1-3-6-18/h17-19H,1-16H2/t23-/m0/s1. The average Bonchev–Trinajstić information content (AvgIpc) is 3.32. The van der Waals surface area contributed by atoms with E-state index in [1.807, 2.05) is 0 Å². The lowest BCUT2D eigenvalue weighted by Crippen LogP contribution is -2.46. The molecule has 0 unspecified atom stereocenters. The fourth-order valence-corrected chi connectivity index (χ4v) is 5.98. The quantitative estimate of drug-likeness (QED) is 0.751. The van der Waals surface area contributed by atoms with E-state index in [0.29, 0.717) is 17.0 Å². The van der Waals surface area contributed by atoms with Gasteiger partial charge in [0.15, 0.2) is 12.1 Å². The molecular weight excluding hydrogens is 350 g/mol. The molecule has 0 aromatic carbocycles. The lowest BCUT2D eigenvalue weighted by Gasteiger charge is -2.41. The van der Waals surface area contributed by atoms with Gasteiger partial charge in [0.2, 0.25) is 0 Å². The number of hydrogen-bond acceptors (Lipinski definition) is 4. The molecular formula is C23H35N3O2. The highest BCUT2D eigenvalue weighted by Crippen LogP contribution is 2.43. The first-order chi connectivity index (χ1) is 13.7. The van der Waals surface area contributed by atoms with Crippen molar-refractivity contribution in [3.8, 4) is 0 Å². The van der Waals surface area contributed by atoms with Gasteiger partial charge >= 0.3 is 0 Å². The van der Waals surface area contributed by atoms with Gasteiger partial charge in [-0.3, -0.25) is 4.79 Å². The molecule has 5 rings (SSSR count). The van der Waals surface area contributed by atoms with Crippen molar-refractivity contribution in [2.45, 2.75) is 76.5 Å². The van der Waals surface area contributed by atoms with Crippen molar-refractivity contribution in [2.75, 3.05) is 32.7 Å². The minimum atomic E-state index is 0.104. The minimum Gasteiger partial charge on any atom is -0.447 e. The molecule has 5 heteroatoms. The number of rotatable bonds is 5. The third kappa shape index (κ3) is 3.87. The van der Waals surface area contributed by atoms with Crippen LogP contribution in [0.25, 0.3) is 0 Å². The molecule has 3 heterocycles. The predicted molar refractivity (Wildman–Crippen MR) is 108 cm³/mol. The Hall–Kier alpha value is -1.36. The number of aromatic nitrogens is 1. The number of nitrogens with zero attached hydrogens (tertiary/aromatic N) is 3. The topological polar surface area (TPSA) is 49.6 Å². The third-order valence-corrected chi connectivity index (χ3v) is 7.79. The fraction of sp³-hybridized carbons (Fsp3) is 0.826. The Morgan fingerprint density at radius 3 is 2.75 bits per heavy atom. The van der Waals surface area contributed by atoms with Crippen LogP contribution >= 0.6 is 0 Å². The summed E-state index contributed by atoms with van der Waals surface area (Å²) >= 11 is 0. The Bertz CT molecular complexity index is 692. The summed E-state index contributed by atoms with van der Waals surface area (Å²) < 4.78 is 5.55. The van der Waals surface area contributed by atoms with Crippen LogP contribution in [0, 0.1) is 11.3 Å². The summed E-state index contributed by atoms with van der Waals surface area (Å²) in [6.07, 6.45) is 16.0. The van der Waals surface area contributed by atoms with Crippen LogP contribution in [-0.4, -0.2) is 53.4 Å². The molecule has 1 aromatic rings. The van der Waals surface area contributed by atoms with Gasteiger partial charge < -0.3 is 14.2 Å². The van der Waals surface area contributed by atoms with Crippen molar-refractivity contribution in [3.05, 3.63) is 17.8 Å². The van der Waals surface area contributed by atoms with E-state index in [0.717, 1.165) is 44.0 Å². The van der Waals surface area contributed by atoms with E-state index in [4.69, 9.17) is 4.42 Å². The molecule has 2 saturated heterocycles. The second kappa shape index (κ2) is 7.81. The Morgan fingerprint density at radius 1 is 1.07 bits per heavy atom. The third-order valence-electron chi connectivity index (χ3n) is 7.79. The van der Waals surface area contributed by atoms with Crippen LogP contribution in [0.5, 0.6) is 0 Å². The molecule has 0 radical (unpaired) electrons. The summed E-state index contributed by atoms with van der Waals surface area (Å²) in [6, 6.07) is 0. The van der Waals surface area contributed by atoms with Crippen LogP contribution < -0.4 is 0 Å². The normalized spacial score (nSPS) is 29.6. The van der Waals surface area contributed by atoms with Gasteiger partial charge in [-0.2, -0.15) is 0 Å². The zero-order valence-corrected chi connectivity index (χ0v) is 17.2. The molecule has 2 aliphatic heterocycles. The lowest BCUT2D eigenvalue weighted by atomic mass is 9.79. The van der Waals surface area contributed by atoms with E-state index >= 15 is 0 Å². The van der Waals surface area contributed by atoms with E-state index in [1.54, 1.807) is 0 Å². The van der Waals surface area contributed by atoms with E-state index in [-0.39, 0.29) is 5.91 Å². The second-order valence-electron chi connectivity index (χ2n) is 9.99. The van der Waals surface area contributed by atoms with Crippen molar-refractivity contribution in [2.24, 2.45) is 11.3 Å². The van der Waals surface area contributed by atoms with Crippen molar-refractivity contribution in [3.63, 3.8) is 0 Å². The molecule has 154 valence electrons. The number of amides is 1. The minimum absolute atomic E-state index is 0.104. The van der Waals surface area contributed by atoms with E-state index in [2.05, 4.69) is 14.8 Å².